The molecule has 1 spiro atoms. The molecule has 2 unspecified atom stereocenters. The molecule has 5 atom stereocenters. The second-order valence-electron chi connectivity index (χ2n) is 11.7. The average molecular weight is 531 g/mol. The highest BCUT2D eigenvalue weighted by Crippen LogP contribution is 2.69. The fourth-order valence-electron chi connectivity index (χ4n) is 8.21. The van der Waals surface area contributed by atoms with Gasteiger partial charge < -0.3 is 24.7 Å². The summed E-state index contributed by atoms with van der Waals surface area (Å²) in [6, 6.07) is 8.04. The van der Waals surface area contributed by atoms with E-state index >= 15 is 0 Å². The molecular formula is C29H33F3N2O4. The average Bonchev–Trinajstić information content (AvgIpc) is 3.15. The maximum absolute atomic E-state index is 13.4. The van der Waals surface area contributed by atoms with Crippen molar-refractivity contribution < 1.29 is 32.9 Å². The Labute approximate surface area is 220 Å². The maximum atomic E-state index is 13.4. The van der Waals surface area contributed by atoms with Gasteiger partial charge in [0.2, 0.25) is 5.91 Å². The molecule has 0 radical (unpaired) electrons. The van der Waals surface area contributed by atoms with Crippen LogP contribution in [0.5, 0.6) is 11.5 Å². The van der Waals surface area contributed by atoms with Crippen LogP contribution in [0.15, 0.2) is 36.4 Å². The molecule has 2 aromatic carbocycles. The van der Waals surface area contributed by atoms with Crippen LogP contribution in [0.25, 0.3) is 0 Å². The number of halogens is 3. The summed E-state index contributed by atoms with van der Waals surface area (Å²) in [6.07, 6.45) is -1.60. The summed E-state index contributed by atoms with van der Waals surface area (Å²) in [5.41, 5.74) is -0.898. The van der Waals surface area contributed by atoms with Crippen LogP contribution >= 0.6 is 0 Å². The minimum atomic E-state index is -4.40. The number of phenols is 1. The first kappa shape index (κ1) is 25.5. The predicted molar refractivity (Wildman–Crippen MR) is 134 cm³/mol. The number of hydrogen-bond acceptors (Lipinski definition) is 5. The number of ether oxygens (including phenoxy) is 1. The van der Waals surface area contributed by atoms with Gasteiger partial charge in [0.05, 0.1) is 22.6 Å². The van der Waals surface area contributed by atoms with Gasteiger partial charge in [-0.2, -0.15) is 13.2 Å². The van der Waals surface area contributed by atoms with Gasteiger partial charge in [-0.3, -0.25) is 4.79 Å². The summed E-state index contributed by atoms with van der Waals surface area (Å²) in [5, 5.41) is 23.2. The van der Waals surface area contributed by atoms with Gasteiger partial charge in [-0.1, -0.05) is 18.2 Å². The van der Waals surface area contributed by atoms with Crippen molar-refractivity contribution in [3.05, 3.63) is 58.7 Å². The van der Waals surface area contributed by atoms with Crippen molar-refractivity contribution in [2.24, 2.45) is 0 Å². The van der Waals surface area contributed by atoms with Gasteiger partial charge in [-0.05, 0) is 81.9 Å². The Morgan fingerprint density at radius 2 is 1.89 bits per heavy atom. The highest BCUT2D eigenvalue weighted by atomic mass is 19.4. The molecule has 4 aliphatic rings. The van der Waals surface area contributed by atoms with Crippen molar-refractivity contribution in [3.8, 4) is 11.5 Å². The molecule has 1 saturated carbocycles. The number of aromatic hydroxyl groups is 1. The number of nitrogens with zero attached hydrogens (tertiary/aromatic N) is 2. The molecule has 6 nitrogen and oxygen atoms in total. The summed E-state index contributed by atoms with van der Waals surface area (Å²) in [5.74, 6) is 0.328. The van der Waals surface area contributed by atoms with E-state index in [4.69, 9.17) is 4.74 Å². The van der Waals surface area contributed by atoms with Crippen LogP contribution in [-0.4, -0.2) is 69.8 Å². The third kappa shape index (κ3) is 3.18. The minimum Gasteiger partial charge on any atom is -0.504 e. The lowest BCUT2D eigenvalue weighted by Gasteiger charge is -2.67. The van der Waals surface area contributed by atoms with E-state index in [-0.39, 0.29) is 30.2 Å². The Hall–Kier alpha value is -2.78. The highest BCUT2D eigenvalue weighted by molar-refractivity contribution is 5.77. The second-order valence-corrected chi connectivity index (χ2v) is 11.7. The molecule has 2 N–H and O–H groups in total. The molecule has 38 heavy (non-hydrogen) atoms. The van der Waals surface area contributed by atoms with Crippen LogP contribution in [-0.2, 0) is 29.2 Å². The number of piperidine rings is 1. The molecule has 0 aromatic heterocycles. The van der Waals surface area contributed by atoms with Crippen LogP contribution in [0.2, 0.25) is 0 Å². The summed E-state index contributed by atoms with van der Waals surface area (Å²) >= 11 is 0. The van der Waals surface area contributed by atoms with Crippen LogP contribution in [0.4, 0.5) is 13.2 Å². The second kappa shape index (κ2) is 8.11. The molecule has 204 valence electrons. The number of alkyl halides is 3. The van der Waals surface area contributed by atoms with Crippen molar-refractivity contribution in [2.45, 2.75) is 80.3 Å². The molecule has 2 aromatic rings. The maximum Gasteiger partial charge on any atom is 0.416 e. The first-order chi connectivity index (χ1) is 17.8. The molecule has 2 fully saturated rings. The molecule has 2 heterocycles. The molecule has 6 rings (SSSR count). The van der Waals surface area contributed by atoms with Gasteiger partial charge in [-0.15, -0.1) is 0 Å². The zero-order valence-corrected chi connectivity index (χ0v) is 21.8. The molecular weight excluding hydrogens is 497 g/mol. The Bertz CT molecular complexity index is 1300. The van der Waals surface area contributed by atoms with E-state index in [1.807, 2.05) is 20.0 Å². The zero-order chi connectivity index (χ0) is 27.3. The molecule has 2 aliphatic carbocycles. The molecule has 9 heteroatoms. The van der Waals surface area contributed by atoms with Gasteiger partial charge in [0, 0.05) is 25.1 Å². The summed E-state index contributed by atoms with van der Waals surface area (Å²) in [6.45, 7) is 2.73. The highest BCUT2D eigenvalue weighted by Gasteiger charge is 2.78. The van der Waals surface area contributed by atoms with Crippen LogP contribution in [0, 0.1) is 0 Å². The van der Waals surface area contributed by atoms with Crippen molar-refractivity contribution in [2.75, 3.05) is 20.6 Å². The fraction of sp³-hybridized carbons (Fsp3) is 0.552. The normalized spacial score (nSPS) is 33.4. The third-order valence-corrected chi connectivity index (χ3v) is 10.1. The number of carbonyl (C=O) groups is 1. The predicted octanol–water partition coefficient (Wildman–Crippen LogP) is 4.04. The largest absolute Gasteiger partial charge is 0.504 e. The lowest BCUT2D eigenvalue weighted by molar-refractivity contribution is -0.226. The molecule has 2 aliphatic heterocycles. The van der Waals surface area contributed by atoms with Crippen LogP contribution in [0.1, 0.15) is 54.9 Å². The van der Waals surface area contributed by atoms with Gasteiger partial charge in [0.1, 0.15) is 5.60 Å². The first-order valence-electron chi connectivity index (χ1n) is 13.2. The Balaban J connectivity index is 1.30. The summed E-state index contributed by atoms with van der Waals surface area (Å²) in [4.78, 5) is 17.4. The SMILES string of the molecule is CN(C(=O)CCc1ccc(C(F)(F)F)cc1)C1CC[C@@]2(O)[C@H]3Cc4ccc(O)c5c4[C@@]2(CCN3C)C1(C)O5. The smallest absolute Gasteiger partial charge is 0.416 e. The molecule has 2 bridgehead atoms. The molecule has 1 amide bonds. The van der Waals surface area contributed by atoms with Gasteiger partial charge >= 0.3 is 6.18 Å². The number of benzene rings is 2. The summed E-state index contributed by atoms with van der Waals surface area (Å²) < 4.78 is 45.4. The number of rotatable bonds is 4. The van der Waals surface area contributed by atoms with E-state index in [0.717, 1.165) is 29.8 Å². The van der Waals surface area contributed by atoms with E-state index in [0.29, 0.717) is 43.4 Å². The van der Waals surface area contributed by atoms with E-state index in [1.165, 1.54) is 12.1 Å². The topological polar surface area (TPSA) is 73.2 Å². The lowest BCUT2D eigenvalue weighted by Crippen LogP contribution is -2.81. The van der Waals surface area contributed by atoms with Crippen molar-refractivity contribution in [1.82, 2.24) is 9.80 Å². The minimum absolute atomic E-state index is 0.0449. The fourth-order valence-corrected chi connectivity index (χ4v) is 8.21. The van der Waals surface area contributed by atoms with E-state index in [9.17, 15) is 28.2 Å². The molecule has 1 saturated heterocycles. The quantitative estimate of drug-likeness (QED) is 0.624. The Morgan fingerprint density at radius 3 is 2.58 bits per heavy atom. The number of likely N-dealkylation sites (N-methyl/N-ethyl adjacent to an activating group) is 2. The van der Waals surface area contributed by atoms with Crippen LogP contribution < -0.4 is 4.74 Å². The summed E-state index contributed by atoms with van der Waals surface area (Å²) in [7, 11) is 3.78. The number of amides is 1. The van der Waals surface area contributed by atoms with Crippen molar-refractivity contribution >= 4 is 5.91 Å². The number of likely N-dealkylation sites (tertiary alicyclic amines) is 1. The van der Waals surface area contributed by atoms with E-state index < -0.39 is 28.4 Å². The van der Waals surface area contributed by atoms with Crippen LogP contribution in [0.3, 0.4) is 0 Å². The number of carbonyl (C=O) groups excluding carboxylic acids is 1. The lowest BCUT2D eigenvalue weighted by atomic mass is 9.44. The van der Waals surface area contributed by atoms with Gasteiger partial charge in [0.15, 0.2) is 11.5 Å². The van der Waals surface area contributed by atoms with Gasteiger partial charge in [-0.25, -0.2) is 0 Å². The Kier molecular flexibility index (Phi) is 5.44. The zero-order valence-electron chi connectivity index (χ0n) is 21.8. The third-order valence-electron chi connectivity index (χ3n) is 10.1. The number of phenolic OH excluding ortho intramolecular Hbond substituents is 1. The Morgan fingerprint density at radius 1 is 1.18 bits per heavy atom. The van der Waals surface area contributed by atoms with E-state index in [1.54, 1.807) is 18.0 Å². The number of hydrogen-bond donors (Lipinski definition) is 2. The number of aryl methyl sites for hydroxylation is 1. The van der Waals surface area contributed by atoms with Gasteiger partial charge in [0.25, 0.3) is 0 Å². The first-order valence-corrected chi connectivity index (χ1v) is 13.2. The van der Waals surface area contributed by atoms with Crippen molar-refractivity contribution in [1.29, 1.82) is 0 Å². The van der Waals surface area contributed by atoms with E-state index in [2.05, 4.69) is 4.90 Å². The standard InChI is InChI=1S/C29H33F3N2O4/c1-26-21(34(3)23(36)11-6-17-4-8-19(9-5-17)29(30,31)32)12-13-28(37)22-16-18-7-10-20(35)25(38-26)24(18)27(26,28)14-15-33(22)2/h4-5,7-10,21-22,35,37H,6,11-16H2,1-3H3/t21?,22-,26?,27+,28-/m1/s1. The monoisotopic (exact) mass is 530 g/mol. The number of aliphatic hydroxyl groups is 1. The van der Waals surface area contributed by atoms with Crippen molar-refractivity contribution in [3.63, 3.8) is 0 Å².